The molecular weight excluding hydrogens is 644 g/mol. The van der Waals surface area contributed by atoms with Gasteiger partial charge < -0.3 is 20.3 Å². The molecule has 0 aliphatic rings. The van der Waals surface area contributed by atoms with Crippen LogP contribution in [-0.4, -0.2) is 20.2 Å². The number of rotatable bonds is 10. The lowest BCUT2D eigenvalue weighted by Crippen LogP contribution is -2.41. The topological polar surface area (TPSA) is 162 Å². The Morgan fingerprint density at radius 2 is 1.61 bits per heavy atom. The second-order valence-electron chi connectivity index (χ2n) is 10.2. The number of fused-ring (bicyclic) bond motifs is 1. The molecule has 6 N–H and O–H groups in total. The first-order valence-corrected chi connectivity index (χ1v) is 14.9. The number of alkyl halides is 6. The summed E-state index contributed by atoms with van der Waals surface area (Å²) >= 11 is 0. The van der Waals surface area contributed by atoms with Crippen LogP contribution in [0, 0.1) is 6.92 Å². The molecule has 3 aromatic carbocycles. The maximum absolute atomic E-state index is 13.1. The summed E-state index contributed by atoms with van der Waals surface area (Å²) in [5, 5.41) is 12.3. The summed E-state index contributed by atoms with van der Waals surface area (Å²) in [5.41, 5.74) is 5.66. The smallest absolute Gasteiger partial charge is 0.416 e. The van der Waals surface area contributed by atoms with Crippen LogP contribution in [0.1, 0.15) is 51.9 Å². The molecule has 0 aliphatic heterocycles. The van der Waals surface area contributed by atoms with Crippen LogP contribution in [0.3, 0.4) is 0 Å². The Bertz CT molecular complexity index is 1860. The van der Waals surface area contributed by atoms with Crippen molar-refractivity contribution in [1.82, 2.24) is 4.72 Å². The van der Waals surface area contributed by atoms with E-state index in [-0.39, 0.29) is 17.5 Å². The van der Waals surface area contributed by atoms with Crippen molar-refractivity contribution in [3.05, 3.63) is 99.8 Å². The lowest BCUT2D eigenvalue weighted by atomic mass is 9.98. The minimum absolute atomic E-state index is 0.000576. The second-order valence-corrected chi connectivity index (χ2v) is 11.5. The van der Waals surface area contributed by atoms with Gasteiger partial charge in [-0.05, 0) is 90.2 Å². The molecule has 4 aromatic rings. The summed E-state index contributed by atoms with van der Waals surface area (Å²) in [6.45, 7) is 2.96. The molecule has 1 atom stereocenters. The van der Waals surface area contributed by atoms with E-state index in [9.17, 15) is 39.6 Å². The van der Waals surface area contributed by atoms with Crippen LogP contribution in [-0.2, 0) is 45.2 Å². The fourth-order valence-corrected chi connectivity index (χ4v) is 4.92. The molecule has 0 spiro atoms. The van der Waals surface area contributed by atoms with Crippen molar-refractivity contribution in [3.63, 3.8) is 0 Å². The van der Waals surface area contributed by atoms with Gasteiger partial charge in [0.25, 0.3) is 16.1 Å². The number of furan rings is 1. The lowest BCUT2D eigenvalue weighted by Gasteiger charge is -2.20. The number of carbonyl (C=O) groups excluding carboxylic acids is 1. The first kappa shape index (κ1) is 34.1. The van der Waals surface area contributed by atoms with Crippen molar-refractivity contribution >= 4 is 38.6 Å². The van der Waals surface area contributed by atoms with Crippen molar-refractivity contribution in [2.24, 2.45) is 16.0 Å². The average Bonchev–Trinajstić information content (AvgIpc) is 3.34. The van der Waals surface area contributed by atoms with Crippen LogP contribution in [0.4, 0.5) is 32.0 Å². The fourth-order valence-electron chi connectivity index (χ4n) is 4.52. The van der Waals surface area contributed by atoms with Crippen molar-refractivity contribution in [2.45, 2.75) is 45.3 Å². The molecule has 0 saturated carbocycles. The number of benzene rings is 3. The molecule has 1 amide bonds. The summed E-state index contributed by atoms with van der Waals surface area (Å²) in [6, 6.07) is 8.99. The van der Waals surface area contributed by atoms with Crippen LogP contribution >= 0.6 is 0 Å². The predicted molar refractivity (Wildman–Crippen MR) is 156 cm³/mol. The normalized spacial score (nSPS) is 13.5. The number of anilines is 1. The predicted octanol–water partition coefficient (Wildman–Crippen LogP) is 5.65. The number of aryl methyl sites for hydroxylation is 2. The Morgan fingerprint density at radius 3 is 2.15 bits per heavy atom. The molecule has 0 saturated heterocycles. The zero-order valence-corrected chi connectivity index (χ0v) is 24.9. The molecule has 0 radical (unpaired) electrons. The van der Waals surface area contributed by atoms with Gasteiger partial charge in [0.15, 0.2) is 5.84 Å². The van der Waals surface area contributed by atoms with Gasteiger partial charge in [-0.2, -0.15) is 34.8 Å². The average molecular weight is 672 g/mol. The molecule has 0 bridgehead atoms. The number of nitrogens with one attached hydrogen (secondary N) is 2. The van der Waals surface area contributed by atoms with Gasteiger partial charge in [0.05, 0.1) is 17.4 Å². The third-order valence-corrected chi connectivity index (χ3v) is 7.20. The highest BCUT2D eigenvalue weighted by atomic mass is 32.2. The number of nitrogens with zero attached hydrogens (tertiary/aromatic N) is 1. The molecule has 1 aromatic heterocycles. The van der Waals surface area contributed by atoms with Crippen molar-refractivity contribution in [1.29, 1.82) is 0 Å². The Labute approximate surface area is 258 Å². The minimum atomic E-state index is -5.02. The van der Waals surface area contributed by atoms with Crippen molar-refractivity contribution in [3.8, 4) is 0 Å². The van der Waals surface area contributed by atoms with Crippen LogP contribution < -0.4 is 20.9 Å². The first-order valence-electron chi connectivity index (χ1n) is 13.3. The van der Waals surface area contributed by atoms with E-state index in [1.54, 1.807) is 23.1 Å². The lowest BCUT2D eigenvalue weighted by molar-refractivity contribution is -0.143. The Hall–Kier alpha value is -4.77. The van der Waals surface area contributed by atoms with Gasteiger partial charge in [-0.25, -0.2) is 9.86 Å². The van der Waals surface area contributed by atoms with E-state index in [2.05, 4.69) is 10.5 Å². The largest absolute Gasteiger partial charge is 0.464 e. The number of halogens is 6. The monoisotopic (exact) mass is 671 g/mol. The SMILES string of the molecule is CCc1cc(C(Nc2ccc(C(N)=NOCc3cc(C(F)(F)F)cc(C(F)(F)F)c3)cc2)C(=O)NS(N)(=O)=O)cc2c(C)coc12. The Kier molecular flexibility index (Phi) is 9.58. The molecule has 10 nitrogen and oxygen atoms in total. The molecule has 0 aliphatic carbocycles. The van der Waals surface area contributed by atoms with Crippen molar-refractivity contribution in [2.75, 3.05) is 5.32 Å². The van der Waals surface area contributed by atoms with Gasteiger partial charge in [0, 0.05) is 16.6 Å². The van der Waals surface area contributed by atoms with E-state index >= 15 is 0 Å². The van der Waals surface area contributed by atoms with Gasteiger partial charge in [0.1, 0.15) is 18.2 Å². The highest BCUT2D eigenvalue weighted by Crippen LogP contribution is 2.36. The van der Waals surface area contributed by atoms with Gasteiger partial charge in [-0.15, -0.1) is 0 Å². The molecule has 246 valence electrons. The number of amidine groups is 1. The van der Waals surface area contributed by atoms with Gasteiger partial charge in [-0.1, -0.05) is 12.1 Å². The number of carbonyl (C=O) groups is 1. The summed E-state index contributed by atoms with van der Waals surface area (Å²) in [6.07, 6.45) is -7.92. The van der Waals surface area contributed by atoms with Crippen LogP contribution in [0.2, 0.25) is 0 Å². The molecule has 17 heteroatoms. The third-order valence-electron chi connectivity index (χ3n) is 6.72. The quantitative estimate of drug-likeness (QED) is 0.0733. The zero-order valence-electron chi connectivity index (χ0n) is 24.1. The van der Waals surface area contributed by atoms with E-state index in [4.69, 9.17) is 20.1 Å². The van der Waals surface area contributed by atoms with E-state index in [0.29, 0.717) is 35.4 Å². The van der Waals surface area contributed by atoms with Gasteiger partial charge in [0.2, 0.25) is 0 Å². The fraction of sp³-hybridized carbons (Fsp3) is 0.241. The minimum Gasteiger partial charge on any atom is -0.464 e. The summed E-state index contributed by atoms with van der Waals surface area (Å²) < 4.78 is 109. The summed E-state index contributed by atoms with van der Waals surface area (Å²) in [7, 11) is -4.41. The summed E-state index contributed by atoms with van der Waals surface area (Å²) in [4.78, 5) is 18.0. The van der Waals surface area contributed by atoms with E-state index in [0.717, 1.165) is 16.5 Å². The third kappa shape index (κ3) is 8.28. The van der Waals surface area contributed by atoms with Gasteiger partial charge >= 0.3 is 12.4 Å². The van der Waals surface area contributed by atoms with E-state index < -0.39 is 57.8 Å². The highest BCUT2D eigenvalue weighted by molar-refractivity contribution is 7.87. The molecule has 1 unspecified atom stereocenters. The number of hydrogen-bond acceptors (Lipinski definition) is 7. The molecule has 0 fully saturated rings. The first-order chi connectivity index (χ1) is 21.4. The van der Waals surface area contributed by atoms with Crippen LogP contribution in [0.5, 0.6) is 0 Å². The Balaban J connectivity index is 1.55. The standard InChI is InChI=1S/C29H27F6N5O5S/c1-3-17-10-19(11-23-15(2)13-44-25(17)23)24(27(41)40-46(37,42)43)38-22-6-4-18(5-7-22)26(36)39-45-14-16-8-20(28(30,31)32)12-21(9-16)29(33,34)35/h4-13,24,38H,3,14H2,1-2H3,(H2,36,39)(H,40,41)(H2,37,42,43). The Morgan fingerprint density at radius 1 is 1.00 bits per heavy atom. The molecular formula is C29H27F6N5O5S. The zero-order chi connectivity index (χ0) is 34.0. The maximum atomic E-state index is 13.1. The molecule has 1 heterocycles. The molecule has 46 heavy (non-hydrogen) atoms. The highest BCUT2D eigenvalue weighted by Gasteiger charge is 2.37. The summed E-state index contributed by atoms with van der Waals surface area (Å²) in [5.74, 6) is -1.22. The van der Waals surface area contributed by atoms with Gasteiger partial charge in [-0.3, -0.25) is 4.79 Å². The number of amides is 1. The van der Waals surface area contributed by atoms with Crippen molar-refractivity contribution < 1.29 is 48.8 Å². The molecule has 4 rings (SSSR count). The maximum Gasteiger partial charge on any atom is 0.416 e. The van der Waals surface area contributed by atoms with E-state index in [1.807, 2.05) is 13.8 Å². The van der Waals surface area contributed by atoms with Crippen LogP contribution in [0.15, 0.2) is 70.4 Å². The number of hydrogen-bond donors (Lipinski definition) is 4. The second kappa shape index (κ2) is 12.9. The van der Waals surface area contributed by atoms with Crippen LogP contribution in [0.25, 0.3) is 11.0 Å². The number of oxime groups is 1. The van der Waals surface area contributed by atoms with E-state index in [1.165, 1.54) is 24.3 Å². The number of nitrogens with two attached hydrogens (primary N) is 2.